The van der Waals surface area contributed by atoms with Crippen molar-refractivity contribution in [1.82, 2.24) is 4.90 Å². The third-order valence-corrected chi connectivity index (χ3v) is 5.26. The molecule has 2 aromatic carbocycles. The summed E-state index contributed by atoms with van der Waals surface area (Å²) in [6, 6.07) is 13.4. The summed E-state index contributed by atoms with van der Waals surface area (Å²) in [5, 5.41) is 3.73. The lowest BCUT2D eigenvalue weighted by atomic mass is 10.2. The molecule has 1 heterocycles. The van der Waals surface area contributed by atoms with Crippen LogP contribution in [0.3, 0.4) is 0 Å². The van der Waals surface area contributed by atoms with E-state index in [1.54, 1.807) is 18.2 Å². The summed E-state index contributed by atoms with van der Waals surface area (Å²) in [7, 11) is 0. The van der Waals surface area contributed by atoms with Crippen LogP contribution in [0.4, 0.5) is 11.4 Å². The Morgan fingerprint density at radius 2 is 1.65 bits per heavy atom. The average Bonchev–Trinajstić information content (AvgIpc) is 2.62. The van der Waals surface area contributed by atoms with Gasteiger partial charge in [-0.3, -0.25) is 9.69 Å². The van der Waals surface area contributed by atoms with Crippen LogP contribution >= 0.6 is 23.2 Å². The minimum absolute atomic E-state index is 0.245. The quantitative estimate of drug-likeness (QED) is 0.814. The summed E-state index contributed by atoms with van der Waals surface area (Å²) in [6.45, 7) is 8.66. The Kier molecular flexibility index (Phi) is 6.07. The molecule has 1 aliphatic rings. The highest BCUT2D eigenvalue weighted by Gasteiger charge is 2.19. The van der Waals surface area contributed by atoms with E-state index >= 15 is 0 Å². The molecule has 0 bridgehead atoms. The summed E-state index contributed by atoms with van der Waals surface area (Å²) in [5.74, 6) is -0.245. The lowest BCUT2D eigenvalue weighted by Gasteiger charge is -2.38. The summed E-state index contributed by atoms with van der Waals surface area (Å²) in [6.07, 6.45) is 0. The zero-order valence-corrected chi connectivity index (χ0v) is 16.5. The van der Waals surface area contributed by atoms with E-state index < -0.39 is 0 Å². The van der Waals surface area contributed by atoms with Crippen molar-refractivity contribution in [1.29, 1.82) is 0 Å². The van der Waals surface area contributed by atoms with Crippen LogP contribution in [-0.4, -0.2) is 43.0 Å². The van der Waals surface area contributed by atoms with Gasteiger partial charge in [0, 0.05) is 48.6 Å². The zero-order chi connectivity index (χ0) is 18.7. The number of carbonyl (C=O) groups is 1. The number of nitrogens with zero attached hydrogens (tertiary/aromatic N) is 2. The van der Waals surface area contributed by atoms with Gasteiger partial charge in [0.2, 0.25) is 0 Å². The van der Waals surface area contributed by atoms with Gasteiger partial charge in [0.15, 0.2) is 0 Å². The number of nitrogens with one attached hydrogen (secondary N) is 1. The van der Waals surface area contributed by atoms with Gasteiger partial charge in [-0.25, -0.2) is 0 Å². The lowest BCUT2D eigenvalue weighted by Crippen LogP contribution is -2.48. The molecular weight excluding hydrogens is 369 g/mol. The number of amides is 1. The van der Waals surface area contributed by atoms with E-state index in [-0.39, 0.29) is 5.91 Å². The molecule has 1 N–H and O–H groups in total. The van der Waals surface area contributed by atoms with Gasteiger partial charge < -0.3 is 10.2 Å². The van der Waals surface area contributed by atoms with Gasteiger partial charge in [0.25, 0.3) is 5.91 Å². The summed E-state index contributed by atoms with van der Waals surface area (Å²) >= 11 is 12.0. The summed E-state index contributed by atoms with van der Waals surface area (Å²) in [5.41, 5.74) is 2.33. The number of hydrogen-bond acceptors (Lipinski definition) is 3. The molecule has 1 aliphatic heterocycles. The van der Waals surface area contributed by atoms with Gasteiger partial charge >= 0.3 is 0 Å². The molecule has 26 heavy (non-hydrogen) atoms. The van der Waals surface area contributed by atoms with Gasteiger partial charge in [0.05, 0.1) is 10.6 Å². The number of hydrogen-bond donors (Lipinski definition) is 1. The summed E-state index contributed by atoms with van der Waals surface area (Å²) in [4.78, 5) is 17.2. The highest BCUT2D eigenvalue weighted by Crippen LogP contribution is 2.24. The fraction of sp³-hybridized carbons (Fsp3) is 0.350. The Balaban J connectivity index is 1.62. The molecule has 0 aromatic heterocycles. The van der Waals surface area contributed by atoms with Crippen molar-refractivity contribution in [2.24, 2.45) is 0 Å². The monoisotopic (exact) mass is 391 g/mol. The number of benzene rings is 2. The highest BCUT2D eigenvalue weighted by molar-refractivity contribution is 6.37. The smallest absolute Gasteiger partial charge is 0.257 e. The van der Waals surface area contributed by atoms with Crippen molar-refractivity contribution >= 4 is 40.5 Å². The van der Waals surface area contributed by atoms with Crippen LogP contribution in [-0.2, 0) is 0 Å². The van der Waals surface area contributed by atoms with Crippen LogP contribution in [0.15, 0.2) is 42.5 Å². The predicted molar refractivity (Wildman–Crippen MR) is 110 cm³/mol. The lowest BCUT2D eigenvalue weighted by molar-refractivity contribution is 0.102. The first-order chi connectivity index (χ1) is 12.4. The Morgan fingerprint density at radius 1 is 1.00 bits per heavy atom. The maximum Gasteiger partial charge on any atom is 0.257 e. The molecule has 0 unspecified atom stereocenters. The van der Waals surface area contributed by atoms with E-state index in [1.807, 2.05) is 24.3 Å². The Morgan fingerprint density at radius 3 is 2.23 bits per heavy atom. The van der Waals surface area contributed by atoms with Crippen molar-refractivity contribution in [3.63, 3.8) is 0 Å². The largest absolute Gasteiger partial charge is 0.369 e. The number of halogens is 2. The van der Waals surface area contributed by atoms with Crippen LogP contribution < -0.4 is 10.2 Å². The molecule has 0 atom stereocenters. The van der Waals surface area contributed by atoms with Crippen LogP contribution in [0.2, 0.25) is 10.0 Å². The first-order valence-corrected chi connectivity index (χ1v) is 9.55. The molecule has 1 fully saturated rings. The molecule has 4 nitrogen and oxygen atoms in total. The molecule has 1 amide bonds. The van der Waals surface area contributed by atoms with Crippen LogP contribution in [0.1, 0.15) is 24.2 Å². The highest BCUT2D eigenvalue weighted by atomic mass is 35.5. The van der Waals surface area contributed by atoms with E-state index in [9.17, 15) is 4.79 Å². The first-order valence-electron chi connectivity index (χ1n) is 8.79. The fourth-order valence-electron chi connectivity index (χ4n) is 3.12. The van der Waals surface area contributed by atoms with E-state index in [0.29, 0.717) is 21.7 Å². The molecule has 6 heteroatoms. The third kappa shape index (κ3) is 4.50. The van der Waals surface area contributed by atoms with Gasteiger partial charge in [-0.1, -0.05) is 23.2 Å². The minimum Gasteiger partial charge on any atom is -0.369 e. The Hall–Kier alpha value is -1.75. The molecule has 0 spiro atoms. The van der Waals surface area contributed by atoms with Crippen LogP contribution in [0.25, 0.3) is 0 Å². The third-order valence-electron chi connectivity index (χ3n) is 4.71. The number of rotatable bonds is 4. The minimum atomic E-state index is -0.245. The maximum absolute atomic E-state index is 12.4. The first kappa shape index (κ1) is 19.0. The molecule has 138 valence electrons. The van der Waals surface area contributed by atoms with E-state index in [4.69, 9.17) is 23.2 Å². The fourth-order valence-corrected chi connectivity index (χ4v) is 3.62. The topological polar surface area (TPSA) is 35.6 Å². The second kappa shape index (κ2) is 8.30. The van der Waals surface area contributed by atoms with Gasteiger partial charge in [-0.2, -0.15) is 0 Å². The Bertz CT molecular complexity index is 769. The average molecular weight is 392 g/mol. The standard InChI is InChI=1S/C20H23Cl2N3O/c1-14(2)24-9-11-25(12-10-24)17-6-4-16(5-7-17)23-20(26)18-8-3-15(21)13-19(18)22/h3-8,13-14H,9-12H2,1-2H3,(H,23,26). The van der Waals surface area contributed by atoms with Crippen molar-refractivity contribution in [3.05, 3.63) is 58.1 Å². The van der Waals surface area contributed by atoms with Gasteiger partial charge in [-0.15, -0.1) is 0 Å². The SMILES string of the molecule is CC(C)N1CCN(c2ccc(NC(=O)c3ccc(Cl)cc3Cl)cc2)CC1. The molecule has 2 aromatic rings. The maximum atomic E-state index is 12.4. The zero-order valence-electron chi connectivity index (χ0n) is 15.0. The van der Waals surface area contributed by atoms with E-state index in [1.165, 1.54) is 5.69 Å². The second-order valence-electron chi connectivity index (χ2n) is 6.74. The van der Waals surface area contributed by atoms with E-state index in [2.05, 4.69) is 29.0 Å². The van der Waals surface area contributed by atoms with Crippen molar-refractivity contribution in [2.45, 2.75) is 19.9 Å². The summed E-state index contributed by atoms with van der Waals surface area (Å²) < 4.78 is 0. The Labute approximate surface area is 164 Å². The molecule has 1 saturated heterocycles. The van der Waals surface area contributed by atoms with Crippen molar-refractivity contribution in [3.8, 4) is 0 Å². The van der Waals surface area contributed by atoms with E-state index in [0.717, 1.165) is 31.9 Å². The van der Waals surface area contributed by atoms with Crippen molar-refractivity contribution < 1.29 is 4.79 Å². The molecule has 0 radical (unpaired) electrons. The second-order valence-corrected chi connectivity index (χ2v) is 7.59. The normalized spacial score (nSPS) is 15.3. The number of piperazine rings is 1. The number of carbonyl (C=O) groups excluding carboxylic acids is 1. The number of anilines is 2. The molecule has 0 aliphatic carbocycles. The van der Waals surface area contributed by atoms with Crippen LogP contribution in [0.5, 0.6) is 0 Å². The van der Waals surface area contributed by atoms with Crippen molar-refractivity contribution in [2.75, 3.05) is 36.4 Å². The molecule has 3 rings (SSSR count). The van der Waals surface area contributed by atoms with Gasteiger partial charge in [-0.05, 0) is 56.3 Å². The predicted octanol–water partition coefficient (Wildman–Crippen LogP) is 4.78. The van der Waals surface area contributed by atoms with Crippen LogP contribution in [0, 0.1) is 0 Å². The molecule has 0 saturated carbocycles. The molecular formula is C20H23Cl2N3O. The van der Waals surface area contributed by atoms with Gasteiger partial charge in [0.1, 0.15) is 0 Å².